The monoisotopic (exact) mass is 275 g/mol. The highest BCUT2D eigenvalue weighted by Gasteiger charge is 2.08. The van der Waals surface area contributed by atoms with Crippen molar-refractivity contribution in [1.29, 1.82) is 0 Å². The van der Waals surface area contributed by atoms with Crippen molar-refractivity contribution in [1.82, 2.24) is 5.32 Å². The van der Waals surface area contributed by atoms with Gasteiger partial charge in [0.05, 0.1) is 0 Å². The van der Waals surface area contributed by atoms with Crippen molar-refractivity contribution in [2.24, 2.45) is 5.92 Å². The number of hydrogen-bond donors (Lipinski definition) is 2. The van der Waals surface area contributed by atoms with Crippen LogP contribution in [0.25, 0.3) is 6.08 Å². The van der Waals surface area contributed by atoms with Crippen LogP contribution in [0.5, 0.6) is 0 Å². The van der Waals surface area contributed by atoms with Crippen molar-refractivity contribution in [3.05, 3.63) is 41.0 Å². The van der Waals surface area contributed by atoms with Crippen LogP contribution in [0.2, 0.25) is 0 Å². The highest BCUT2D eigenvalue weighted by atomic mass is 16.4. The Labute approximate surface area is 119 Å². The molecule has 1 aromatic rings. The second kappa shape index (κ2) is 7.48. The Morgan fingerprint density at radius 3 is 2.65 bits per heavy atom. The van der Waals surface area contributed by atoms with Gasteiger partial charge >= 0.3 is 5.97 Å². The lowest BCUT2D eigenvalue weighted by molar-refractivity contribution is -0.131. The van der Waals surface area contributed by atoms with E-state index in [9.17, 15) is 9.59 Å². The Hall–Kier alpha value is -2.10. The first-order valence-corrected chi connectivity index (χ1v) is 6.73. The number of aryl methyl sites for hydroxylation is 1. The topological polar surface area (TPSA) is 66.4 Å². The van der Waals surface area contributed by atoms with Gasteiger partial charge in [-0.15, -0.1) is 0 Å². The average molecular weight is 275 g/mol. The number of nitrogens with one attached hydrogen (secondary N) is 1. The summed E-state index contributed by atoms with van der Waals surface area (Å²) in [6.45, 7) is 6.68. The minimum atomic E-state index is -1.01. The third kappa shape index (κ3) is 5.26. The van der Waals surface area contributed by atoms with Crippen molar-refractivity contribution < 1.29 is 14.7 Å². The van der Waals surface area contributed by atoms with Crippen molar-refractivity contribution in [3.8, 4) is 0 Å². The molecule has 0 aromatic heterocycles. The molecule has 1 rings (SSSR count). The molecule has 4 heteroatoms. The molecule has 0 heterocycles. The van der Waals surface area contributed by atoms with Crippen molar-refractivity contribution in [2.75, 3.05) is 6.54 Å². The van der Waals surface area contributed by atoms with Crippen LogP contribution < -0.4 is 5.32 Å². The van der Waals surface area contributed by atoms with E-state index in [2.05, 4.69) is 19.2 Å². The SMILES string of the molecule is CCC(C)CNC(=O)c1cc(C)cc(/C=C/C(=O)O)c1. The summed E-state index contributed by atoms with van der Waals surface area (Å²) in [6.07, 6.45) is 3.57. The average Bonchev–Trinajstić information content (AvgIpc) is 2.41. The summed E-state index contributed by atoms with van der Waals surface area (Å²) < 4.78 is 0. The van der Waals surface area contributed by atoms with Gasteiger partial charge in [0.1, 0.15) is 0 Å². The molecule has 0 fully saturated rings. The third-order valence-electron chi connectivity index (χ3n) is 3.09. The molecule has 0 aliphatic rings. The summed E-state index contributed by atoms with van der Waals surface area (Å²) in [6, 6.07) is 5.33. The minimum absolute atomic E-state index is 0.126. The van der Waals surface area contributed by atoms with Crippen molar-refractivity contribution in [3.63, 3.8) is 0 Å². The van der Waals surface area contributed by atoms with E-state index in [0.29, 0.717) is 23.6 Å². The van der Waals surface area contributed by atoms with E-state index in [1.54, 1.807) is 12.1 Å². The molecule has 1 atom stereocenters. The lowest BCUT2D eigenvalue weighted by atomic mass is 10.0. The van der Waals surface area contributed by atoms with Gasteiger partial charge in [-0.1, -0.05) is 26.3 Å². The van der Waals surface area contributed by atoms with E-state index in [1.807, 2.05) is 13.0 Å². The molecule has 0 saturated heterocycles. The van der Waals surface area contributed by atoms with Gasteiger partial charge in [0, 0.05) is 18.2 Å². The number of amides is 1. The maximum atomic E-state index is 12.1. The van der Waals surface area contributed by atoms with E-state index < -0.39 is 5.97 Å². The molecule has 0 radical (unpaired) electrons. The van der Waals surface area contributed by atoms with Crippen LogP contribution in [0.15, 0.2) is 24.3 Å². The van der Waals surface area contributed by atoms with Crippen molar-refractivity contribution in [2.45, 2.75) is 27.2 Å². The zero-order valence-electron chi connectivity index (χ0n) is 12.1. The Balaban J connectivity index is 2.84. The fourth-order valence-corrected chi connectivity index (χ4v) is 1.72. The molecule has 0 spiro atoms. The maximum Gasteiger partial charge on any atom is 0.328 e. The van der Waals surface area contributed by atoms with Crippen LogP contribution in [0.3, 0.4) is 0 Å². The van der Waals surface area contributed by atoms with Gasteiger partial charge < -0.3 is 10.4 Å². The molecule has 1 aromatic carbocycles. The van der Waals surface area contributed by atoms with Crippen molar-refractivity contribution >= 4 is 18.0 Å². The standard InChI is InChI=1S/C16H21NO3/c1-4-11(2)10-17-16(20)14-8-12(3)7-13(9-14)5-6-15(18)19/h5-9,11H,4,10H2,1-3H3,(H,17,20)(H,18,19)/b6-5+. The highest BCUT2D eigenvalue weighted by molar-refractivity contribution is 5.95. The molecule has 1 amide bonds. The summed E-state index contributed by atoms with van der Waals surface area (Å²) in [5.41, 5.74) is 2.19. The predicted octanol–water partition coefficient (Wildman–Crippen LogP) is 2.87. The number of benzene rings is 1. The third-order valence-corrected chi connectivity index (χ3v) is 3.09. The van der Waals surface area contributed by atoms with Gasteiger partial charge in [0.2, 0.25) is 0 Å². The zero-order chi connectivity index (χ0) is 15.1. The molecule has 0 aliphatic heterocycles. The van der Waals surface area contributed by atoms with E-state index in [-0.39, 0.29) is 5.91 Å². The summed E-state index contributed by atoms with van der Waals surface area (Å²) >= 11 is 0. The second-order valence-electron chi connectivity index (χ2n) is 5.03. The Bertz CT molecular complexity index is 520. The first-order valence-electron chi connectivity index (χ1n) is 6.73. The lowest BCUT2D eigenvalue weighted by Crippen LogP contribution is -2.28. The zero-order valence-corrected chi connectivity index (χ0v) is 12.1. The number of carboxylic acids is 1. The Morgan fingerprint density at radius 2 is 2.05 bits per heavy atom. The molecule has 0 aliphatic carbocycles. The number of rotatable bonds is 6. The second-order valence-corrected chi connectivity index (χ2v) is 5.03. The van der Waals surface area contributed by atoms with Crippen LogP contribution in [0, 0.1) is 12.8 Å². The number of carbonyl (C=O) groups is 2. The van der Waals surface area contributed by atoms with Crippen LogP contribution in [-0.2, 0) is 4.79 Å². The van der Waals surface area contributed by atoms with E-state index in [0.717, 1.165) is 18.1 Å². The van der Waals surface area contributed by atoms with Gasteiger partial charge in [-0.2, -0.15) is 0 Å². The first kappa shape index (κ1) is 16.0. The fourth-order valence-electron chi connectivity index (χ4n) is 1.72. The quantitative estimate of drug-likeness (QED) is 0.784. The van der Waals surface area contributed by atoms with Crippen LogP contribution in [0.4, 0.5) is 0 Å². The van der Waals surface area contributed by atoms with Crippen LogP contribution in [0.1, 0.15) is 41.8 Å². The smallest absolute Gasteiger partial charge is 0.328 e. The molecular weight excluding hydrogens is 254 g/mol. The Morgan fingerprint density at radius 1 is 1.35 bits per heavy atom. The normalized spacial score (nSPS) is 12.3. The van der Waals surface area contributed by atoms with Crippen LogP contribution in [-0.4, -0.2) is 23.5 Å². The summed E-state index contributed by atoms with van der Waals surface area (Å²) in [5.74, 6) is -0.691. The van der Waals surface area contributed by atoms with E-state index >= 15 is 0 Å². The highest BCUT2D eigenvalue weighted by Crippen LogP contribution is 2.12. The molecule has 20 heavy (non-hydrogen) atoms. The van der Waals surface area contributed by atoms with E-state index in [1.165, 1.54) is 6.08 Å². The lowest BCUT2D eigenvalue weighted by Gasteiger charge is -2.11. The largest absolute Gasteiger partial charge is 0.478 e. The molecule has 1 unspecified atom stereocenters. The molecule has 4 nitrogen and oxygen atoms in total. The number of hydrogen-bond acceptors (Lipinski definition) is 2. The maximum absolute atomic E-state index is 12.1. The minimum Gasteiger partial charge on any atom is -0.478 e. The summed E-state index contributed by atoms with van der Waals surface area (Å²) in [4.78, 5) is 22.6. The predicted molar refractivity (Wildman–Crippen MR) is 79.6 cm³/mol. The molecular formula is C16H21NO3. The van der Waals surface area contributed by atoms with Gasteiger partial charge in [-0.3, -0.25) is 4.79 Å². The van der Waals surface area contributed by atoms with E-state index in [4.69, 9.17) is 5.11 Å². The number of aliphatic carboxylic acids is 1. The van der Waals surface area contributed by atoms with Gasteiger partial charge in [-0.05, 0) is 42.2 Å². The molecule has 108 valence electrons. The fraction of sp³-hybridized carbons (Fsp3) is 0.375. The summed E-state index contributed by atoms with van der Waals surface area (Å²) in [7, 11) is 0. The molecule has 0 saturated carbocycles. The molecule has 0 bridgehead atoms. The number of carbonyl (C=O) groups excluding carboxylic acids is 1. The molecule has 2 N–H and O–H groups in total. The van der Waals surface area contributed by atoms with Gasteiger partial charge in [0.15, 0.2) is 0 Å². The number of carboxylic acid groups (broad SMARTS) is 1. The summed E-state index contributed by atoms with van der Waals surface area (Å²) in [5, 5.41) is 11.5. The van der Waals surface area contributed by atoms with Gasteiger partial charge in [0.25, 0.3) is 5.91 Å². The van der Waals surface area contributed by atoms with Gasteiger partial charge in [-0.25, -0.2) is 4.79 Å². The first-order chi connectivity index (χ1) is 9.42. The Kier molecular flexibility index (Phi) is 5.97. The van der Waals surface area contributed by atoms with Crippen LogP contribution >= 0.6 is 0 Å².